The molecule has 0 aliphatic carbocycles. The Balaban J connectivity index is 0.000000469. The van der Waals surface area contributed by atoms with Gasteiger partial charge >= 0.3 is 11.9 Å². The number of methoxy groups -OCH3 is 1. The molecule has 9 heteroatoms. The number of para-hydroxylation sites is 1. The number of rotatable bonds is 4. The molecule has 0 saturated carbocycles. The number of nitrogens with zero attached hydrogens (tertiary/aromatic N) is 2. The molecule has 1 aliphatic rings. The van der Waals surface area contributed by atoms with Crippen molar-refractivity contribution < 1.29 is 29.3 Å². The summed E-state index contributed by atoms with van der Waals surface area (Å²) in [5.74, 6) is -2.96. The van der Waals surface area contributed by atoms with Crippen molar-refractivity contribution >= 4 is 33.8 Å². The molecule has 0 radical (unpaired) electrons. The van der Waals surface area contributed by atoms with Gasteiger partial charge < -0.3 is 19.8 Å². The van der Waals surface area contributed by atoms with E-state index >= 15 is 0 Å². The highest BCUT2D eigenvalue weighted by atomic mass is 79.9. The molecular weight excluding hydrogens is 456 g/mol. The van der Waals surface area contributed by atoms with Crippen molar-refractivity contribution in [2.45, 2.75) is 6.54 Å². The van der Waals surface area contributed by atoms with Gasteiger partial charge in [-0.2, -0.15) is 0 Å². The predicted molar refractivity (Wildman–Crippen MR) is 114 cm³/mol. The monoisotopic (exact) mass is 478 g/mol. The Morgan fingerprint density at radius 2 is 1.60 bits per heavy atom. The van der Waals surface area contributed by atoms with E-state index in [2.05, 4.69) is 39.0 Å². The van der Waals surface area contributed by atoms with Crippen LogP contribution >= 0.6 is 15.9 Å². The molecule has 2 aromatic carbocycles. The fraction of sp³-hybridized carbons (Fsp3) is 0.286. The third-order valence-corrected chi connectivity index (χ3v) is 4.97. The smallest absolute Gasteiger partial charge is 0.414 e. The largest absolute Gasteiger partial charge is 0.496 e. The van der Waals surface area contributed by atoms with Crippen LogP contribution in [0.25, 0.3) is 0 Å². The van der Waals surface area contributed by atoms with Crippen LogP contribution in [0.1, 0.15) is 15.9 Å². The normalized spacial score (nSPS) is 13.7. The van der Waals surface area contributed by atoms with Gasteiger partial charge in [0.1, 0.15) is 5.75 Å². The molecule has 0 atom stereocenters. The number of aliphatic carboxylic acids is 2. The molecule has 1 fully saturated rings. The molecule has 0 unspecified atom stereocenters. The van der Waals surface area contributed by atoms with E-state index in [9.17, 15) is 4.79 Å². The van der Waals surface area contributed by atoms with Gasteiger partial charge in [-0.3, -0.25) is 9.69 Å². The summed E-state index contributed by atoms with van der Waals surface area (Å²) in [7, 11) is 1.60. The van der Waals surface area contributed by atoms with E-state index in [0.717, 1.165) is 37.2 Å². The number of carboxylic acid groups (broad SMARTS) is 2. The molecule has 0 aromatic heterocycles. The minimum Gasteiger partial charge on any atom is -0.496 e. The van der Waals surface area contributed by atoms with E-state index in [0.29, 0.717) is 11.3 Å². The highest BCUT2D eigenvalue weighted by Crippen LogP contribution is 2.20. The van der Waals surface area contributed by atoms with E-state index in [1.807, 2.05) is 35.2 Å². The number of hydrogen-bond donors (Lipinski definition) is 2. The quantitative estimate of drug-likeness (QED) is 0.650. The first kappa shape index (κ1) is 23.4. The standard InChI is InChI=1S/C19H21BrN2O2.C2H2O4/c1-24-18-8-3-2-7-17(18)19(23)22-11-9-21(10-12-22)14-15-5-4-6-16(20)13-15;3-1(4)2(5)6/h2-8,13H,9-12,14H2,1H3;(H,3,4)(H,5,6). The lowest BCUT2D eigenvalue weighted by Crippen LogP contribution is -2.48. The van der Waals surface area contributed by atoms with Gasteiger partial charge in [0.05, 0.1) is 12.7 Å². The maximum atomic E-state index is 12.7. The van der Waals surface area contributed by atoms with Crippen molar-refractivity contribution in [2.75, 3.05) is 33.3 Å². The SMILES string of the molecule is COc1ccccc1C(=O)N1CCN(Cc2cccc(Br)c2)CC1.O=C(O)C(=O)O. The molecule has 30 heavy (non-hydrogen) atoms. The average molecular weight is 479 g/mol. The maximum Gasteiger partial charge on any atom is 0.414 e. The predicted octanol–water partition coefficient (Wildman–Crippen LogP) is 2.57. The number of hydrogen-bond acceptors (Lipinski definition) is 5. The lowest BCUT2D eigenvalue weighted by atomic mass is 10.1. The number of ether oxygens (including phenoxy) is 1. The zero-order valence-electron chi connectivity index (χ0n) is 16.5. The second kappa shape index (κ2) is 11.3. The van der Waals surface area contributed by atoms with Crippen molar-refractivity contribution in [3.8, 4) is 5.75 Å². The van der Waals surface area contributed by atoms with Crippen molar-refractivity contribution in [1.82, 2.24) is 9.80 Å². The van der Waals surface area contributed by atoms with Crippen LogP contribution < -0.4 is 4.74 Å². The summed E-state index contributed by atoms with van der Waals surface area (Å²) in [6, 6.07) is 15.8. The summed E-state index contributed by atoms with van der Waals surface area (Å²) in [6.45, 7) is 4.16. The number of piperazine rings is 1. The Morgan fingerprint density at radius 1 is 0.967 bits per heavy atom. The lowest BCUT2D eigenvalue weighted by molar-refractivity contribution is -0.159. The fourth-order valence-electron chi connectivity index (χ4n) is 2.99. The second-order valence-corrected chi connectivity index (χ2v) is 7.42. The maximum absolute atomic E-state index is 12.7. The Kier molecular flexibility index (Phi) is 8.82. The summed E-state index contributed by atoms with van der Waals surface area (Å²) in [4.78, 5) is 35.2. The van der Waals surface area contributed by atoms with Crippen LogP contribution in [0.15, 0.2) is 53.0 Å². The van der Waals surface area contributed by atoms with Gasteiger partial charge in [0.2, 0.25) is 0 Å². The van der Waals surface area contributed by atoms with Gasteiger partial charge in [0, 0.05) is 37.2 Å². The van der Waals surface area contributed by atoms with Crippen LogP contribution in [0.2, 0.25) is 0 Å². The Hall–Kier alpha value is -2.91. The van der Waals surface area contributed by atoms with Gasteiger partial charge in [-0.1, -0.05) is 40.2 Å². The Labute approximate surface area is 182 Å². The summed E-state index contributed by atoms with van der Waals surface area (Å²) in [5.41, 5.74) is 1.93. The van der Waals surface area contributed by atoms with Crippen LogP contribution in [0, 0.1) is 0 Å². The number of halogens is 1. The first-order valence-corrected chi connectivity index (χ1v) is 9.96. The van der Waals surface area contributed by atoms with E-state index < -0.39 is 11.9 Å². The van der Waals surface area contributed by atoms with Gasteiger partial charge in [-0.05, 0) is 29.8 Å². The van der Waals surface area contributed by atoms with Crippen molar-refractivity contribution in [2.24, 2.45) is 0 Å². The molecule has 1 amide bonds. The van der Waals surface area contributed by atoms with Gasteiger partial charge in [0.25, 0.3) is 5.91 Å². The molecule has 3 rings (SSSR count). The fourth-order valence-corrected chi connectivity index (χ4v) is 3.44. The summed E-state index contributed by atoms with van der Waals surface area (Å²) in [6.07, 6.45) is 0. The van der Waals surface area contributed by atoms with E-state index in [4.69, 9.17) is 24.5 Å². The van der Waals surface area contributed by atoms with Gasteiger partial charge in [-0.25, -0.2) is 9.59 Å². The van der Waals surface area contributed by atoms with Crippen LogP contribution in [-0.4, -0.2) is 71.1 Å². The third-order valence-electron chi connectivity index (χ3n) is 4.48. The Morgan fingerprint density at radius 3 is 2.17 bits per heavy atom. The number of carboxylic acids is 2. The van der Waals surface area contributed by atoms with Crippen LogP contribution in [0.4, 0.5) is 0 Å². The van der Waals surface area contributed by atoms with Crippen molar-refractivity contribution in [1.29, 1.82) is 0 Å². The molecule has 0 spiro atoms. The first-order chi connectivity index (χ1) is 14.3. The molecule has 0 bridgehead atoms. The van der Waals surface area contributed by atoms with Crippen LogP contribution in [-0.2, 0) is 16.1 Å². The molecular formula is C21H23BrN2O6. The minimum atomic E-state index is -1.82. The summed E-state index contributed by atoms with van der Waals surface area (Å²) >= 11 is 3.51. The molecule has 1 saturated heterocycles. The Bertz CT molecular complexity index is 885. The highest BCUT2D eigenvalue weighted by molar-refractivity contribution is 9.10. The number of carbonyl (C=O) groups is 3. The molecule has 8 nitrogen and oxygen atoms in total. The molecule has 160 valence electrons. The molecule has 1 heterocycles. The topological polar surface area (TPSA) is 107 Å². The van der Waals surface area contributed by atoms with E-state index in [1.54, 1.807) is 7.11 Å². The first-order valence-electron chi connectivity index (χ1n) is 9.17. The molecule has 2 aromatic rings. The summed E-state index contributed by atoms with van der Waals surface area (Å²) in [5, 5.41) is 14.8. The summed E-state index contributed by atoms with van der Waals surface area (Å²) < 4.78 is 6.41. The van der Waals surface area contributed by atoms with Crippen LogP contribution in [0.3, 0.4) is 0 Å². The van der Waals surface area contributed by atoms with Gasteiger partial charge in [0.15, 0.2) is 0 Å². The zero-order valence-corrected chi connectivity index (χ0v) is 18.0. The van der Waals surface area contributed by atoms with E-state index in [-0.39, 0.29) is 5.91 Å². The van der Waals surface area contributed by atoms with Crippen molar-refractivity contribution in [3.63, 3.8) is 0 Å². The second-order valence-electron chi connectivity index (χ2n) is 6.51. The molecule has 2 N–H and O–H groups in total. The minimum absolute atomic E-state index is 0.0505. The van der Waals surface area contributed by atoms with Crippen molar-refractivity contribution in [3.05, 3.63) is 64.1 Å². The van der Waals surface area contributed by atoms with Gasteiger partial charge in [-0.15, -0.1) is 0 Å². The highest BCUT2D eigenvalue weighted by Gasteiger charge is 2.24. The lowest BCUT2D eigenvalue weighted by Gasteiger charge is -2.35. The third kappa shape index (κ3) is 6.85. The average Bonchev–Trinajstić information content (AvgIpc) is 2.74. The van der Waals surface area contributed by atoms with E-state index in [1.165, 1.54) is 5.56 Å². The zero-order chi connectivity index (χ0) is 22.1. The number of carbonyl (C=O) groups excluding carboxylic acids is 1. The molecule has 1 aliphatic heterocycles. The number of benzene rings is 2. The number of amides is 1. The van der Waals surface area contributed by atoms with Crippen LogP contribution in [0.5, 0.6) is 5.75 Å².